The maximum Gasteiger partial charge on any atom is 0 e. The molecule has 0 aromatic heterocycles. The van der Waals surface area contributed by atoms with Gasteiger partial charge in [0.2, 0.25) is 0 Å². The van der Waals surface area contributed by atoms with Crippen molar-refractivity contribution in [1.82, 2.24) is 4.90 Å². The van der Waals surface area contributed by atoms with E-state index in [1.807, 2.05) is 0 Å². The molecule has 69 valence electrons. The van der Waals surface area contributed by atoms with Gasteiger partial charge >= 0.3 is 0 Å². The van der Waals surface area contributed by atoms with Crippen LogP contribution in [0.15, 0.2) is 0 Å². The second-order valence-corrected chi connectivity index (χ2v) is 3.95. The Kier molecular flexibility index (Phi) is 7.08. The van der Waals surface area contributed by atoms with Gasteiger partial charge in [0.1, 0.15) is 0 Å². The van der Waals surface area contributed by atoms with Crippen molar-refractivity contribution in [1.29, 1.82) is 0 Å². The van der Waals surface area contributed by atoms with E-state index in [-0.39, 0.29) is 32.7 Å². The smallest absolute Gasteiger partial charge is 0 e. The van der Waals surface area contributed by atoms with Gasteiger partial charge in [0.25, 0.3) is 0 Å². The zero-order chi connectivity index (χ0) is 8.27. The Balaban J connectivity index is 0.00000121. The Morgan fingerprint density at radius 3 is 2.58 bits per heavy atom. The average Bonchev–Trinajstić information content (AvgIpc) is 1.98. The maximum absolute atomic E-state index is 2.47. The van der Waals surface area contributed by atoms with E-state index in [1.165, 1.54) is 25.9 Å². The van der Waals surface area contributed by atoms with E-state index in [1.54, 1.807) is 0 Å². The van der Waals surface area contributed by atoms with E-state index in [0.29, 0.717) is 0 Å². The number of hydrogen-bond acceptors (Lipinski definition) is 1. The van der Waals surface area contributed by atoms with Crippen LogP contribution in [0.4, 0.5) is 0 Å². The Labute approximate surface area is 102 Å². The van der Waals surface area contributed by atoms with E-state index < -0.39 is 0 Å². The quantitative estimate of drug-likeness (QED) is 0.589. The number of hydrogen-bond donors (Lipinski definition) is 0. The van der Waals surface area contributed by atoms with Crippen LogP contribution in [0, 0.1) is 18.3 Å². The Bertz CT molecular complexity index is 116. The van der Waals surface area contributed by atoms with Crippen LogP contribution in [-0.2, 0) is 32.7 Å². The summed E-state index contributed by atoms with van der Waals surface area (Å²) in [4.78, 5) is 2.43. The van der Waals surface area contributed by atoms with Gasteiger partial charge in [0, 0.05) is 32.7 Å². The molecule has 0 aliphatic carbocycles. The second-order valence-electron chi connectivity index (χ2n) is 3.95. The molecule has 12 heavy (non-hydrogen) atoms. The van der Waals surface area contributed by atoms with Crippen LogP contribution >= 0.6 is 0 Å². The van der Waals surface area contributed by atoms with Crippen molar-refractivity contribution in [2.75, 3.05) is 20.1 Å². The molecule has 1 aliphatic heterocycles. The maximum atomic E-state index is 2.47. The first-order valence-corrected chi connectivity index (χ1v) is 4.72. The van der Waals surface area contributed by atoms with E-state index in [2.05, 4.69) is 32.2 Å². The molecule has 1 aliphatic rings. The van der Waals surface area contributed by atoms with Gasteiger partial charge in [-0.25, -0.2) is 0 Å². The fourth-order valence-corrected chi connectivity index (χ4v) is 1.59. The zero-order valence-electron chi connectivity index (χ0n) is 8.59. The van der Waals surface area contributed by atoms with Gasteiger partial charge in [0.15, 0.2) is 0 Å². The predicted octanol–water partition coefficient (Wildman–Crippen LogP) is 2.19. The van der Waals surface area contributed by atoms with E-state index in [9.17, 15) is 0 Å². The van der Waals surface area contributed by atoms with Crippen molar-refractivity contribution < 1.29 is 32.7 Å². The third-order valence-electron chi connectivity index (χ3n) is 2.91. The largest absolute Gasteiger partial charge is 0.324 e. The zero-order valence-corrected chi connectivity index (χ0v) is 11.4. The molecule has 1 saturated heterocycles. The van der Waals surface area contributed by atoms with E-state index >= 15 is 0 Å². The third-order valence-corrected chi connectivity index (χ3v) is 2.91. The monoisotopic (exact) mass is 243 g/mol. The molecule has 0 amide bonds. The molecule has 0 aromatic carbocycles. The van der Waals surface area contributed by atoms with E-state index in [4.69, 9.17) is 0 Å². The Morgan fingerprint density at radius 2 is 1.92 bits per heavy atom. The van der Waals surface area contributed by atoms with Gasteiger partial charge in [-0.15, -0.1) is 0 Å². The van der Waals surface area contributed by atoms with Crippen LogP contribution < -0.4 is 0 Å². The van der Waals surface area contributed by atoms with Gasteiger partial charge in [-0.05, 0) is 26.6 Å². The molecule has 1 heterocycles. The first kappa shape index (κ1) is 13.1. The fourth-order valence-electron chi connectivity index (χ4n) is 1.59. The summed E-state index contributed by atoms with van der Waals surface area (Å²) in [7, 11) is 2.22. The molecule has 2 atom stereocenters. The standard InChI is InChI=1S/C10H20N.Y/c1-9-5-4-7-11(3)8-6-10(9)2;/h5,9-10H,4,6-8H2,1-3H3;/q-1;. The van der Waals surface area contributed by atoms with Crippen LogP contribution in [0.1, 0.15) is 26.7 Å². The van der Waals surface area contributed by atoms with Crippen molar-refractivity contribution in [3.8, 4) is 0 Å². The van der Waals surface area contributed by atoms with Crippen molar-refractivity contribution >= 4 is 0 Å². The van der Waals surface area contributed by atoms with Crippen LogP contribution in [0.2, 0.25) is 0 Å². The minimum absolute atomic E-state index is 0. The molecular weight excluding hydrogens is 223 g/mol. The predicted molar refractivity (Wildman–Crippen MR) is 49.4 cm³/mol. The van der Waals surface area contributed by atoms with Crippen LogP contribution in [0.3, 0.4) is 0 Å². The minimum Gasteiger partial charge on any atom is -0.324 e. The molecule has 1 nitrogen and oxygen atoms in total. The molecule has 0 spiro atoms. The van der Waals surface area contributed by atoms with E-state index in [0.717, 1.165) is 11.8 Å². The van der Waals surface area contributed by atoms with Crippen LogP contribution in [0.5, 0.6) is 0 Å². The molecule has 2 unspecified atom stereocenters. The average molecular weight is 243 g/mol. The molecule has 2 heteroatoms. The summed E-state index contributed by atoms with van der Waals surface area (Å²) in [5.74, 6) is 1.70. The molecular formula is C10H20NY-. The summed E-state index contributed by atoms with van der Waals surface area (Å²) >= 11 is 0. The second kappa shape index (κ2) is 6.51. The molecule has 0 aromatic rings. The molecule has 1 radical (unpaired) electrons. The van der Waals surface area contributed by atoms with Crippen molar-refractivity contribution in [2.45, 2.75) is 26.7 Å². The third kappa shape index (κ3) is 4.34. The SMILES string of the molecule is CC1[CH-]CCN(C)CCC1C.[Y]. The fraction of sp³-hybridized carbons (Fsp3) is 0.900. The van der Waals surface area contributed by atoms with Crippen molar-refractivity contribution in [2.24, 2.45) is 11.8 Å². The molecule has 1 rings (SSSR count). The molecule has 0 saturated carbocycles. The van der Waals surface area contributed by atoms with Gasteiger partial charge < -0.3 is 11.3 Å². The molecule has 0 bridgehead atoms. The van der Waals surface area contributed by atoms with Crippen molar-refractivity contribution in [3.05, 3.63) is 6.42 Å². The molecule has 0 N–H and O–H groups in total. The Morgan fingerprint density at radius 1 is 1.25 bits per heavy atom. The number of nitrogens with zero attached hydrogens (tertiary/aromatic N) is 1. The summed E-state index contributed by atoms with van der Waals surface area (Å²) < 4.78 is 0. The van der Waals surface area contributed by atoms with Gasteiger partial charge in [0.05, 0.1) is 0 Å². The van der Waals surface area contributed by atoms with Gasteiger partial charge in [-0.3, -0.25) is 0 Å². The van der Waals surface area contributed by atoms with Gasteiger partial charge in [-0.2, -0.15) is 12.3 Å². The molecule has 1 fully saturated rings. The summed E-state index contributed by atoms with van der Waals surface area (Å²) in [6.45, 7) is 7.23. The topological polar surface area (TPSA) is 3.24 Å². The van der Waals surface area contributed by atoms with Crippen LogP contribution in [-0.4, -0.2) is 25.0 Å². The minimum atomic E-state index is 0. The Hall–Kier alpha value is 1.06. The van der Waals surface area contributed by atoms with Gasteiger partial charge in [-0.1, -0.05) is 19.8 Å². The first-order chi connectivity index (χ1) is 5.20. The van der Waals surface area contributed by atoms with Crippen molar-refractivity contribution in [3.63, 3.8) is 0 Å². The number of rotatable bonds is 0. The summed E-state index contributed by atoms with van der Waals surface area (Å²) in [6, 6.07) is 0. The van der Waals surface area contributed by atoms with Crippen LogP contribution in [0.25, 0.3) is 0 Å². The summed E-state index contributed by atoms with van der Waals surface area (Å²) in [5.41, 5.74) is 0. The first-order valence-electron chi connectivity index (χ1n) is 4.72. The normalized spacial score (nSPS) is 33.2. The summed E-state index contributed by atoms with van der Waals surface area (Å²) in [5, 5.41) is 0. The number of likely N-dealkylation sites (tertiary alicyclic amines) is 1. The summed E-state index contributed by atoms with van der Waals surface area (Å²) in [6.07, 6.45) is 5.09.